The summed E-state index contributed by atoms with van der Waals surface area (Å²) in [6, 6.07) is 4.09. The molecule has 16 heavy (non-hydrogen) atoms. The summed E-state index contributed by atoms with van der Waals surface area (Å²) < 4.78 is 13.1. The summed E-state index contributed by atoms with van der Waals surface area (Å²) in [5.74, 6) is -0.889. The first-order valence-electron chi connectivity index (χ1n) is 5.21. The van der Waals surface area contributed by atoms with Crippen molar-refractivity contribution in [1.82, 2.24) is 0 Å². The molecule has 2 nitrogen and oxygen atoms in total. The van der Waals surface area contributed by atoms with Crippen molar-refractivity contribution in [1.29, 1.82) is 0 Å². The molecule has 1 unspecified atom stereocenters. The first-order chi connectivity index (χ1) is 7.21. The average Bonchev–Trinajstić information content (AvgIpc) is 2.12. The van der Waals surface area contributed by atoms with Crippen LogP contribution in [0.25, 0.3) is 0 Å². The number of carbonyl (C=O) groups is 1. The van der Waals surface area contributed by atoms with E-state index in [2.05, 4.69) is 0 Å². The molecular weight excluding hydrogens is 207 g/mol. The van der Waals surface area contributed by atoms with E-state index in [0.717, 1.165) is 6.07 Å². The number of rotatable bonds is 2. The van der Waals surface area contributed by atoms with Gasteiger partial charge in [0, 0.05) is 5.56 Å². The van der Waals surface area contributed by atoms with Crippen molar-refractivity contribution >= 4 is 5.78 Å². The first-order valence-corrected chi connectivity index (χ1v) is 5.21. The molecule has 0 bridgehead atoms. The SMILES string of the molecule is Cc1cc(F)cc(C(=O)C(O)C(C)(C)C)c1. The van der Waals surface area contributed by atoms with Crippen LogP contribution in [-0.4, -0.2) is 17.0 Å². The van der Waals surface area contributed by atoms with Crippen LogP contribution in [0.3, 0.4) is 0 Å². The van der Waals surface area contributed by atoms with Gasteiger partial charge in [0.2, 0.25) is 0 Å². The highest BCUT2D eigenvalue weighted by molar-refractivity contribution is 5.99. The van der Waals surface area contributed by atoms with Crippen LogP contribution < -0.4 is 0 Å². The topological polar surface area (TPSA) is 37.3 Å². The van der Waals surface area contributed by atoms with Crippen molar-refractivity contribution in [3.63, 3.8) is 0 Å². The maximum Gasteiger partial charge on any atom is 0.191 e. The zero-order valence-corrected chi connectivity index (χ0v) is 10.0. The summed E-state index contributed by atoms with van der Waals surface area (Å²) >= 11 is 0. The highest BCUT2D eigenvalue weighted by Crippen LogP contribution is 2.23. The number of hydrogen-bond donors (Lipinski definition) is 1. The molecule has 0 saturated carbocycles. The molecule has 0 aliphatic carbocycles. The van der Waals surface area contributed by atoms with Gasteiger partial charge in [-0.05, 0) is 36.1 Å². The van der Waals surface area contributed by atoms with Crippen LogP contribution in [0.4, 0.5) is 4.39 Å². The zero-order valence-electron chi connectivity index (χ0n) is 10.0. The van der Waals surface area contributed by atoms with E-state index >= 15 is 0 Å². The highest BCUT2D eigenvalue weighted by Gasteiger charge is 2.29. The molecule has 1 rings (SSSR count). The standard InChI is InChI=1S/C13H17FO2/c1-8-5-9(7-10(14)6-8)11(15)12(16)13(2,3)4/h5-7,12,16H,1-4H3. The molecule has 0 aliphatic rings. The lowest BCUT2D eigenvalue weighted by Gasteiger charge is -2.24. The molecule has 1 N–H and O–H groups in total. The summed E-state index contributed by atoms with van der Waals surface area (Å²) in [6.45, 7) is 7.01. The number of carbonyl (C=O) groups excluding carboxylic acids is 1. The summed E-state index contributed by atoms with van der Waals surface area (Å²) in [6.07, 6.45) is -1.12. The number of hydrogen-bond acceptors (Lipinski definition) is 2. The number of aliphatic hydroxyl groups excluding tert-OH is 1. The van der Waals surface area contributed by atoms with E-state index in [0.29, 0.717) is 5.56 Å². The number of benzene rings is 1. The maximum atomic E-state index is 13.1. The van der Waals surface area contributed by atoms with E-state index in [9.17, 15) is 14.3 Å². The minimum atomic E-state index is -1.12. The van der Waals surface area contributed by atoms with Gasteiger partial charge < -0.3 is 5.11 Å². The third kappa shape index (κ3) is 2.89. The minimum Gasteiger partial charge on any atom is -0.384 e. The Morgan fingerprint density at radius 3 is 2.31 bits per heavy atom. The molecule has 0 fully saturated rings. The smallest absolute Gasteiger partial charge is 0.191 e. The molecule has 3 heteroatoms. The lowest BCUT2D eigenvalue weighted by molar-refractivity contribution is 0.0442. The van der Waals surface area contributed by atoms with Gasteiger partial charge in [-0.3, -0.25) is 4.79 Å². The molecular formula is C13H17FO2. The quantitative estimate of drug-likeness (QED) is 0.784. The van der Waals surface area contributed by atoms with Crippen LogP contribution in [0.5, 0.6) is 0 Å². The summed E-state index contributed by atoms with van der Waals surface area (Å²) in [7, 11) is 0. The average molecular weight is 224 g/mol. The second kappa shape index (κ2) is 4.34. The Hall–Kier alpha value is -1.22. The third-order valence-corrected chi connectivity index (χ3v) is 2.40. The van der Waals surface area contributed by atoms with Gasteiger partial charge >= 0.3 is 0 Å². The van der Waals surface area contributed by atoms with Gasteiger partial charge in [0.15, 0.2) is 5.78 Å². The number of halogens is 1. The Labute approximate surface area is 95.1 Å². The van der Waals surface area contributed by atoms with Gasteiger partial charge in [-0.25, -0.2) is 4.39 Å². The first kappa shape index (κ1) is 12.8. The fraction of sp³-hybridized carbons (Fsp3) is 0.462. The van der Waals surface area contributed by atoms with Crippen LogP contribution in [0.15, 0.2) is 18.2 Å². The summed E-state index contributed by atoms with van der Waals surface area (Å²) in [5, 5.41) is 9.82. The monoisotopic (exact) mass is 224 g/mol. The van der Waals surface area contributed by atoms with Crippen molar-refractivity contribution in [2.45, 2.75) is 33.8 Å². The van der Waals surface area contributed by atoms with Gasteiger partial charge in [0.25, 0.3) is 0 Å². The van der Waals surface area contributed by atoms with Crippen molar-refractivity contribution in [3.8, 4) is 0 Å². The predicted octanol–water partition coefficient (Wildman–Crippen LogP) is 2.72. The van der Waals surface area contributed by atoms with Crippen molar-refractivity contribution < 1.29 is 14.3 Å². The molecule has 0 aromatic heterocycles. The van der Waals surface area contributed by atoms with E-state index in [-0.39, 0.29) is 5.56 Å². The number of ketones is 1. The number of Topliss-reactive ketones (excluding diaryl/α,β-unsaturated/α-hetero) is 1. The van der Waals surface area contributed by atoms with Crippen LogP contribution >= 0.6 is 0 Å². The van der Waals surface area contributed by atoms with Gasteiger partial charge in [-0.1, -0.05) is 20.8 Å². The molecule has 0 amide bonds. The Bertz CT molecular complexity index is 385. The number of aryl methyl sites for hydroxylation is 1. The van der Waals surface area contributed by atoms with Crippen LogP contribution in [0.2, 0.25) is 0 Å². The summed E-state index contributed by atoms with van der Waals surface area (Å²) in [4.78, 5) is 11.9. The van der Waals surface area contributed by atoms with E-state index in [4.69, 9.17) is 0 Å². The van der Waals surface area contributed by atoms with Crippen LogP contribution in [-0.2, 0) is 0 Å². The van der Waals surface area contributed by atoms with Crippen LogP contribution in [0.1, 0.15) is 36.7 Å². The van der Waals surface area contributed by atoms with E-state index < -0.39 is 23.1 Å². The molecule has 1 aromatic carbocycles. The molecule has 1 atom stereocenters. The normalized spacial score (nSPS) is 13.6. The highest BCUT2D eigenvalue weighted by atomic mass is 19.1. The second-order valence-electron chi connectivity index (χ2n) is 5.15. The van der Waals surface area contributed by atoms with Crippen LogP contribution in [0, 0.1) is 18.2 Å². The van der Waals surface area contributed by atoms with Crippen molar-refractivity contribution in [2.24, 2.45) is 5.41 Å². The molecule has 1 aromatic rings. The Morgan fingerprint density at radius 1 is 1.31 bits per heavy atom. The second-order valence-corrected chi connectivity index (χ2v) is 5.15. The lowest BCUT2D eigenvalue weighted by Crippen LogP contribution is -2.34. The molecule has 0 aliphatic heterocycles. The van der Waals surface area contributed by atoms with Crippen molar-refractivity contribution in [2.75, 3.05) is 0 Å². The van der Waals surface area contributed by atoms with E-state index in [1.165, 1.54) is 6.07 Å². The number of aliphatic hydroxyl groups is 1. The van der Waals surface area contributed by atoms with E-state index in [1.54, 1.807) is 33.8 Å². The fourth-order valence-electron chi connectivity index (χ4n) is 1.43. The third-order valence-electron chi connectivity index (χ3n) is 2.40. The van der Waals surface area contributed by atoms with Gasteiger partial charge in [0.1, 0.15) is 11.9 Å². The predicted molar refractivity (Wildman–Crippen MR) is 60.9 cm³/mol. The van der Waals surface area contributed by atoms with E-state index in [1.807, 2.05) is 0 Å². The fourth-order valence-corrected chi connectivity index (χ4v) is 1.43. The molecule has 0 heterocycles. The molecule has 0 radical (unpaired) electrons. The Balaban J connectivity index is 3.06. The minimum absolute atomic E-state index is 0.222. The van der Waals surface area contributed by atoms with Gasteiger partial charge in [0.05, 0.1) is 0 Å². The maximum absolute atomic E-state index is 13.1. The Kier molecular flexibility index (Phi) is 3.48. The molecule has 88 valence electrons. The van der Waals surface area contributed by atoms with Gasteiger partial charge in [-0.15, -0.1) is 0 Å². The summed E-state index contributed by atoms with van der Waals surface area (Å²) in [5.41, 5.74) is 0.349. The largest absolute Gasteiger partial charge is 0.384 e. The van der Waals surface area contributed by atoms with Gasteiger partial charge in [-0.2, -0.15) is 0 Å². The molecule has 0 saturated heterocycles. The zero-order chi connectivity index (χ0) is 12.5. The lowest BCUT2D eigenvalue weighted by atomic mass is 9.84. The Morgan fingerprint density at radius 2 is 1.88 bits per heavy atom. The molecule has 0 spiro atoms. The van der Waals surface area contributed by atoms with Crippen molar-refractivity contribution in [3.05, 3.63) is 35.1 Å².